The second kappa shape index (κ2) is 5.78. The summed E-state index contributed by atoms with van der Waals surface area (Å²) < 4.78 is 3.62. The fourth-order valence-corrected chi connectivity index (χ4v) is 2.26. The summed E-state index contributed by atoms with van der Waals surface area (Å²) in [6.45, 7) is 2.85. The van der Waals surface area contributed by atoms with E-state index in [-0.39, 0.29) is 6.04 Å². The van der Waals surface area contributed by atoms with Crippen molar-refractivity contribution in [1.29, 1.82) is 0 Å². The third-order valence-electron chi connectivity index (χ3n) is 3.35. The van der Waals surface area contributed by atoms with Crippen LogP contribution in [0.3, 0.4) is 0 Å². The van der Waals surface area contributed by atoms with Gasteiger partial charge in [-0.2, -0.15) is 10.2 Å². The molecule has 6 nitrogen and oxygen atoms in total. The van der Waals surface area contributed by atoms with Crippen molar-refractivity contribution >= 4 is 5.69 Å². The number of benzene rings is 1. The largest absolute Gasteiger partial charge is 0.378 e. The lowest BCUT2D eigenvalue weighted by Crippen LogP contribution is -2.07. The third-order valence-corrected chi connectivity index (χ3v) is 3.35. The molecule has 1 N–H and O–H groups in total. The fourth-order valence-electron chi connectivity index (χ4n) is 2.26. The lowest BCUT2D eigenvalue weighted by molar-refractivity contribution is 0.685. The molecule has 1 unspecified atom stereocenters. The van der Waals surface area contributed by atoms with Gasteiger partial charge in [-0.3, -0.25) is 4.68 Å². The Morgan fingerprint density at radius 3 is 2.90 bits per heavy atom. The molecule has 0 bridgehead atoms. The van der Waals surface area contributed by atoms with E-state index in [1.54, 1.807) is 12.7 Å². The summed E-state index contributed by atoms with van der Waals surface area (Å²) in [5.41, 5.74) is 3.44. The summed E-state index contributed by atoms with van der Waals surface area (Å²) in [6.07, 6.45) is 7.18. The van der Waals surface area contributed by atoms with E-state index >= 15 is 0 Å². The first-order valence-corrected chi connectivity index (χ1v) is 6.87. The number of rotatable bonds is 5. The van der Waals surface area contributed by atoms with Gasteiger partial charge in [0.1, 0.15) is 12.7 Å². The summed E-state index contributed by atoms with van der Waals surface area (Å²) >= 11 is 0. The van der Waals surface area contributed by atoms with E-state index < -0.39 is 0 Å². The Kier molecular flexibility index (Phi) is 3.68. The summed E-state index contributed by atoms with van der Waals surface area (Å²) in [6, 6.07) is 8.54. The van der Waals surface area contributed by atoms with Gasteiger partial charge in [-0.15, -0.1) is 0 Å². The minimum atomic E-state index is 0.209. The van der Waals surface area contributed by atoms with E-state index in [1.807, 2.05) is 34.9 Å². The fraction of sp³-hybridized carbons (Fsp3) is 0.267. The van der Waals surface area contributed by atoms with Crippen LogP contribution in [0.5, 0.6) is 0 Å². The predicted octanol–water partition coefficient (Wildman–Crippen LogP) is 2.23. The zero-order valence-corrected chi connectivity index (χ0v) is 12.1. The van der Waals surface area contributed by atoms with E-state index in [1.165, 1.54) is 11.1 Å². The second-order valence-electron chi connectivity index (χ2n) is 5.11. The Labute approximate surface area is 123 Å². The maximum atomic E-state index is 4.20. The molecule has 6 heteroatoms. The Morgan fingerprint density at radius 2 is 2.19 bits per heavy atom. The molecule has 2 aromatic heterocycles. The van der Waals surface area contributed by atoms with Crippen LogP contribution in [0.1, 0.15) is 24.1 Å². The van der Waals surface area contributed by atoms with Crippen LogP contribution in [0.4, 0.5) is 5.69 Å². The average molecular weight is 282 g/mol. The second-order valence-corrected chi connectivity index (χ2v) is 5.11. The SMILES string of the molecule is CC(Nc1cccc(Cn2cncn2)c1)c1cnn(C)c1. The summed E-state index contributed by atoms with van der Waals surface area (Å²) in [7, 11) is 1.93. The lowest BCUT2D eigenvalue weighted by Gasteiger charge is -2.14. The van der Waals surface area contributed by atoms with Gasteiger partial charge >= 0.3 is 0 Å². The summed E-state index contributed by atoms with van der Waals surface area (Å²) in [5, 5.41) is 11.8. The van der Waals surface area contributed by atoms with Crippen molar-refractivity contribution < 1.29 is 0 Å². The van der Waals surface area contributed by atoms with Gasteiger partial charge in [-0.05, 0) is 24.6 Å². The van der Waals surface area contributed by atoms with Gasteiger partial charge in [0, 0.05) is 24.5 Å². The molecule has 0 fully saturated rings. The predicted molar refractivity (Wildman–Crippen MR) is 80.8 cm³/mol. The topological polar surface area (TPSA) is 60.6 Å². The summed E-state index contributed by atoms with van der Waals surface area (Å²) in [5.74, 6) is 0. The van der Waals surface area contributed by atoms with Gasteiger partial charge in [0.15, 0.2) is 0 Å². The van der Waals surface area contributed by atoms with Crippen molar-refractivity contribution in [1.82, 2.24) is 24.5 Å². The van der Waals surface area contributed by atoms with Crippen LogP contribution in [0.25, 0.3) is 0 Å². The quantitative estimate of drug-likeness (QED) is 0.779. The van der Waals surface area contributed by atoms with Crippen LogP contribution < -0.4 is 5.32 Å². The molecule has 0 saturated carbocycles. The highest BCUT2D eigenvalue weighted by atomic mass is 15.3. The highest BCUT2D eigenvalue weighted by Crippen LogP contribution is 2.19. The molecule has 108 valence electrons. The summed E-state index contributed by atoms with van der Waals surface area (Å²) in [4.78, 5) is 3.96. The van der Waals surface area contributed by atoms with Gasteiger partial charge in [0.2, 0.25) is 0 Å². The molecule has 1 aromatic carbocycles. The van der Waals surface area contributed by atoms with Crippen molar-refractivity contribution in [3.63, 3.8) is 0 Å². The number of aryl methyl sites for hydroxylation is 1. The van der Waals surface area contributed by atoms with Crippen LogP contribution >= 0.6 is 0 Å². The van der Waals surface area contributed by atoms with Gasteiger partial charge in [-0.1, -0.05) is 12.1 Å². The minimum Gasteiger partial charge on any atom is -0.378 e. The van der Waals surface area contributed by atoms with Crippen LogP contribution in [0.15, 0.2) is 49.3 Å². The van der Waals surface area contributed by atoms with Gasteiger partial charge < -0.3 is 5.32 Å². The third kappa shape index (κ3) is 3.28. The molecule has 3 aromatic rings. The molecular weight excluding hydrogens is 264 g/mol. The van der Waals surface area contributed by atoms with E-state index in [9.17, 15) is 0 Å². The zero-order chi connectivity index (χ0) is 14.7. The molecule has 0 aliphatic carbocycles. The van der Waals surface area contributed by atoms with Gasteiger partial charge in [-0.25, -0.2) is 9.67 Å². The normalized spacial score (nSPS) is 12.3. The number of nitrogens with zero attached hydrogens (tertiary/aromatic N) is 5. The first-order chi connectivity index (χ1) is 10.2. The van der Waals surface area contributed by atoms with Crippen LogP contribution in [0, 0.1) is 0 Å². The molecule has 0 radical (unpaired) electrons. The monoisotopic (exact) mass is 282 g/mol. The zero-order valence-electron chi connectivity index (χ0n) is 12.1. The highest BCUT2D eigenvalue weighted by Gasteiger charge is 2.07. The van der Waals surface area contributed by atoms with Crippen LogP contribution in [0.2, 0.25) is 0 Å². The molecule has 0 spiro atoms. The Morgan fingerprint density at radius 1 is 1.29 bits per heavy atom. The van der Waals surface area contributed by atoms with Crippen molar-refractivity contribution in [3.05, 3.63) is 60.4 Å². The Balaban J connectivity index is 1.71. The van der Waals surface area contributed by atoms with E-state index in [0.29, 0.717) is 0 Å². The van der Waals surface area contributed by atoms with Gasteiger partial charge in [0.05, 0.1) is 18.8 Å². The molecule has 0 aliphatic heterocycles. The van der Waals surface area contributed by atoms with Crippen LogP contribution in [-0.2, 0) is 13.6 Å². The van der Waals surface area contributed by atoms with E-state index in [2.05, 4.69) is 45.6 Å². The van der Waals surface area contributed by atoms with E-state index in [0.717, 1.165) is 12.2 Å². The molecule has 0 aliphatic rings. The standard InChI is InChI=1S/C15H18N6/c1-12(14-7-17-20(2)9-14)19-15-5-3-4-13(6-15)8-21-11-16-10-18-21/h3-7,9-12,19H,8H2,1-2H3. The molecule has 2 heterocycles. The lowest BCUT2D eigenvalue weighted by atomic mass is 10.1. The van der Waals surface area contributed by atoms with Gasteiger partial charge in [0.25, 0.3) is 0 Å². The molecule has 21 heavy (non-hydrogen) atoms. The molecule has 0 saturated heterocycles. The van der Waals surface area contributed by atoms with E-state index in [4.69, 9.17) is 0 Å². The van der Waals surface area contributed by atoms with Crippen molar-refractivity contribution in [2.45, 2.75) is 19.5 Å². The Hall–Kier alpha value is -2.63. The smallest absolute Gasteiger partial charge is 0.137 e. The minimum absolute atomic E-state index is 0.209. The van der Waals surface area contributed by atoms with Crippen LogP contribution in [-0.4, -0.2) is 24.5 Å². The van der Waals surface area contributed by atoms with Crippen molar-refractivity contribution in [3.8, 4) is 0 Å². The highest BCUT2D eigenvalue weighted by molar-refractivity contribution is 5.47. The Bertz CT molecular complexity index is 701. The number of aromatic nitrogens is 5. The maximum Gasteiger partial charge on any atom is 0.137 e. The molecular formula is C15H18N6. The number of hydrogen-bond donors (Lipinski definition) is 1. The van der Waals surface area contributed by atoms with Crippen molar-refractivity contribution in [2.75, 3.05) is 5.32 Å². The number of hydrogen-bond acceptors (Lipinski definition) is 4. The first-order valence-electron chi connectivity index (χ1n) is 6.87. The number of anilines is 1. The molecule has 3 rings (SSSR count). The first kappa shape index (κ1) is 13.4. The van der Waals surface area contributed by atoms with Crippen molar-refractivity contribution in [2.24, 2.45) is 7.05 Å². The molecule has 1 atom stereocenters. The average Bonchev–Trinajstić information content (AvgIpc) is 3.11. The number of nitrogens with one attached hydrogen (secondary N) is 1. The maximum absolute atomic E-state index is 4.20. The molecule has 0 amide bonds.